The van der Waals surface area contributed by atoms with Crippen LogP contribution in [0.3, 0.4) is 0 Å². The molecule has 1 heterocycles. The summed E-state index contributed by atoms with van der Waals surface area (Å²) < 4.78 is 27.4. The second-order valence-corrected chi connectivity index (χ2v) is 5.44. The van der Waals surface area contributed by atoms with Gasteiger partial charge in [-0.2, -0.15) is 0 Å². The molecule has 0 amide bonds. The van der Waals surface area contributed by atoms with Gasteiger partial charge in [0.2, 0.25) is 0 Å². The lowest BCUT2D eigenvalue weighted by Crippen LogP contribution is -2.09. The van der Waals surface area contributed by atoms with Gasteiger partial charge < -0.3 is 5.73 Å². The zero-order valence-electron chi connectivity index (χ0n) is 10.9. The van der Waals surface area contributed by atoms with Gasteiger partial charge in [0, 0.05) is 10.9 Å². The van der Waals surface area contributed by atoms with E-state index >= 15 is 0 Å². The van der Waals surface area contributed by atoms with Gasteiger partial charge in [0.05, 0.1) is 11.7 Å². The van der Waals surface area contributed by atoms with Crippen molar-refractivity contribution in [3.8, 4) is 11.3 Å². The smallest absolute Gasteiger partial charge is 0.133 e. The summed E-state index contributed by atoms with van der Waals surface area (Å²) in [5.74, 6) is -0.886. The van der Waals surface area contributed by atoms with Crippen LogP contribution in [0.25, 0.3) is 11.3 Å². The second-order valence-electron chi connectivity index (χ2n) is 4.55. The fraction of sp³-hybridized carbons (Fsp3) is 0.357. The topological polar surface area (TPSA) is 38.9 Å². The van der Waals surface area contributed by atoms with Crippen molar-refractivity contribution in [3.63, 3.8) is 0 Å². The molecule has 0 aliphatic heterocycles. The maximum atomic E-state index is 13.8. The zero-order valence-corrected chi connectivity index (χ0v) is 11.7. The molecule has 0 radical (unpaired) electrons. The lowest BCUT2D eigenvalue weighted by atomic mass is 10.1. The number of halogens is 2. The molecule has 2 rings (SSSR count). The van der Waals surface area contributed by atoms with Crippen molar-refractivity contribution in [2.45, 2.75) is 32.7 Å². The number of rotatable bonds is 4. The van der Waals surface area contributed by atoms with Gasteiger partial charge >= 0.3 is 0 Å². The van der Waals surface area contributed by atoms with E-state index in [0.717, 1.165) is 17.8 Å². The maximum absolute atomic E-state index is 13.8. The molecule has 2 nitrogen and oxygen atoms in total. The van der Waals surface area contributed by atoms with Gasteiger partial charge in [-0.1, -0.05) is 13.3 Å². The molecule has 0 fully saturated rings. The summed E-state index contributed by atoms with van der Waals surface area (Å²) in [4.78, 5) is 4.32. The Labute approximate surface area is 115 Å². The number of aryl methyl sites for hydroxylation is 1. The van der Waals surface area contributed by atoms with Crippen LogP contribution in [0.1, 0.15) is 36.4 Å². The Morgan fingerprint density at radius 3 is 2.74 bits per heavy atom. The third-order valence-corrected chi connectivity index (χ3v) is 3.94. The lowest BCUT2D eigenvalue weighted by molar-refractivity contribution is 0.594. The quantitative estimate of drug-likeness (QED) is 0.913. The number of hydrogen-bond acceptors (Lipinski definition) is 3. The largest absolute Gasteiger partial charge is 0.322 e. The summed E-state index contributed by atoms with van der Waals surface area (Å²) in [6.45, 7) is 3.58. The third-order valence-electron chi connectivity index (χ3n) is 2.96. The average molecular weight is 282 g/mol. The summed E-state index contributed by atoms with van der Waals surface area (Å²) >= 11 is 1.39. The van der Waals surface area contributed by atoms with Gasteiger partial charge in [0.1, 0.15) is 16.6 Å². The molecule has 1 atom stereocenters. The first-order chi connectivity index (χ1) is 9.02. The van der Waals surface area contributed by atoms with Crippen molar-refractivity contribution >= 4 is 11.3 Å². The van der Waals surface area contributed by atoms with E-state index in [4.69, 9.17) is 5.73 Å². The predicted octanol–water partition coefficient (Wildman–Crippen LogP) is 4.20. The molecule has 1 aromatic heterocycles. The van der Waals surface area contributed by atoms with Crippen molar-refractivity contribution in [1.82, 2.24) is 4.98 Å². The molecule has 0 aliphatic rings. The minimum atomic E-state index is -0.459. The van der Waals surface area contributed by atoms with E-state index in [9.17, 15) is 8.78 Å². The van der Waals surface area contributed by atoms with Gasteiger partial charge in [-0.05, 0) is 31.0 Å². The Balaban J connectivity index is 2.35. The molecule has 2 aromatic rings. The number of nitrogens with two attached hydrogens (primary N) is 1. The Morgan fingerprint density at radius 1 is 1.32 bits per heavy atom. The number of nitrogens with zero attached hydrogens (tertiary/aromatic N) is 1. The minimum Gasteiger partial charge on any atom is -0.322 e. The van der Waals surface area contributed by atoms with Crippen LogP contribution in [0.2, 0.25) is 0 Å². The van der Waals surface area contributed by atoms with Crippen LogP contribution in [0.5, 0.6) is 0 Å². The van der Waals surface area contributed by atoms with Gasteiger partial charge in [0.15, 0.2) is 0 Å². The van der Waals surface area contributed by atoms with E-state index in [1.54, 1.807) is 5.38 Å². The van der Waals surface area contributed by atoms with Crippen LogP contribution < -0.4 is 5.73 Å². The van der Waals surface area contributed by atoms with Crippen LogP contribution in [0.15, 0.2) is 17.5 Å². The highest BCUT2D eigenvalue weighted by atomic mass is 32.1. The molecule has 2 N–H and O–H groups in total. The van der Waals surface area contributed by atoms with E-state index in [1.807, 2.05) is 6.92 Å². The summed E-state index contributed by atoms with van der Waals surface area (Å²) in [5.41, 5.74) is 6.90. The monoisotopic (exact) mass is 282 g/mol. The van der Waals surface area contributed by atoms with E-state index in [0.29, 0.717) is 11.3 Å². The van der Waals surface area contributed by atoms with E-state index in [1.165, 1.54) is 30.4 Å². The number of thiazole rings is 1. The van der Waals surface area contributed by atoms with E-state index in [-0.39, 0.29) is 11.6 Å². The van der Waals surface area contributed by atoms with Crippen molar-refractivity contribution < 1.29 is 8.78 Å². The van der Waals surface area contributed by atoms with Crippen LogP contribution in [-0.4, -0.2) is 4.98 Å². The van der Waals surface area contributed by atoms with Crippen molar-refractivity contribution in [2.75, 3.05) is 0 Å². The van der Waals surface area contributed by atoms with Crippen molar-refractivity contribution in [3.05, 3.63) is 39.7 Å². The highest BCUT2D eigenvalue weighted by molar-refractivity contribution is 7.10. The zero-order chi connectivity index (χ0) is 14.0. The lowest BCUT2D eigenvalue weighted by Gasteiger charge is -2.06. The summed E-state index contributed by atoms with van der Waals surface area (Å²) in [5, 5.41) is 2.48. The Hall–Kier alpha value is -1.33. The molecule has 0 saturated heterocycles. The summed E-state index contributed by atoms with van der Waals surface area (Å²) in [7, 11) is 0. The fourth-order valence-corrected chi connectivity index (χ4v) is 2.71. The maximum Gasteiger partial charge on any atom is 0.133 e. The van der Waals surface area contributed by atoms with Gasteiger partial charge in [-0.25, -0.2) is 13.8 Å². The highest BCUT2D eigenvalue weighted by Crippen LogP contribution is 2.29. The van der Waals surface area contributed by atoms with Crippen molar-refractivity contribution in [2.24, 2.45) is 5.73 Å². The van der Waals surface area contributed by atoms with Gasteiger partial charge in [-0.3, -0.25) is 0 Å². The Morgan fingerprint density at radius 2 is 2.05 bits per heavy atom. The standard InChI is InChI=1S/C14H16F2N2S/c1-3-4-12(17)14-18-13(7-19-14)9-6-10(15)8(2)5-11(9)16/h5-7,12H,3-4,17H2,1-2H3. The van der Waals surface area contributed by atoms with Crippen LogP contribution in [0.4, 0.5) is 8.78 Å². The first-order valence-corrected chi connectivity index (χ1v) is 7.08. The highest BCUT2D eigenvalue weighted by Gasteiger charge is 2.15. The van der Waals surface area contributed by atoms with Gasteiger partial charge in [0.25, 0.3) is 0 Å². The Kier molecular flexibility index (Phi) is 4.27. The average Bonchev–Trinajstić information content (AvgIpc) is 2.83. The SMILES string of the molecule is CCCC(N)c1nc(-c2cc(F)c(C)cc2F)cs1. The fourth-order valence-electron chi connectivity index (χ4n) is 1.86. The number of aromatic nitrogens is 1. The number of benzene rings is 1. The van der Waals surface area contributed by atoms with Gasteiger partial charge in [-0.15, -0.1) is 11.3 Å². The molecule has 0 spiro atoms. The Bertz CT molecular complexity index is 581. The molecule has 19 heavy (non-hydrogen) atoms. The predicted molar refractivity (Wildman–Crippen MR) is 74.0 cm³/mol. The minimum absolute atomic E-state index is 0.137. The second kappa shape index (κ2) is 5.75. The summed E-state index contributed by atoms with van der Waals surface area (Å²) in [6.07, 6.45) is 1.79. The molecule has 1 unspecified atom stereocenters. The molecular weight excluding hydrogens is 266 g/mol. The first kappa shape index (κ1) is 14.1. The molecular formula is C14H16F2N2S. The van der Waals surface area contributed by atoms with Crippen LogP contribution in [0, 0.1) is 18.6 Å². The molecule has 102 valence electrons. The molecule has 5 heteroatoms. The normalized spacial score (nSPS) is 12.7. The molecule has 0 aliphatic carbocycles. The third kappa shape index (κ3) is 2.98. The number of hydrogen-bond donors (Lipinski definition) is 1. The van der Waals surface area contributed by atoms with Crippen molar-refractivity contribution in [1.29, 1.82) is 0 Å². The van der Waals surface area contributed by atoms with E-state index < -0.39 is 11.6 Å². The van der Waals surface area contributed by atoms with Crippen LogP contribution >= 0.6 is 11.3 Å². The molecule has 0 saturated carbocycles. The van der Waals surface area contributed by atoms with Crippen LogP contribution in [-0.2, 0) is 0 Å². The molecule has 0 bridgehead atoms. The first-order valence-electron chi connectivity index (χ1n) is 6.20. The summed E-state index contributed by atoms with van der Waals surface area (Å²) in [6, 6.07) is 2.24. The van der Waals surface area contributed by atoms with E-state index in [2.05, 4.69) is 4.98 Å². The molecule has 1 aromatic carbocycles.